The van der Waals surface area contributed by atoms with Crippen molar-refractivity contribution in [2.75, 3.05) is 6.61 Å². The van der Waals surface area contributed by atoms with E-state index in [0.717, 1.165) is 0 Å². The molecule has 0 fully saturated rings. The molecule has 0 atom stereocenters. The SMILES string of the molecule is CC(=O)c1ccc(S(=O)(=O)NNC(=O)COc2ccccc2Cl)cc1. The van der Waals surface area contributed by atoms with Gasteiger partial charge in [-0.1, -0.05) is 35.9 Å². The van der Waals surface area contributed by atoms with Crippen LogP contribution in [0.5, 0.6) is 5.75 Å². The van der Waals surface area contributed by atoms with Crippen molar-refractivity contribution in [3.05, 3.63) is 59.1 Å². The number of amides is 1. The first-order valence-corrected chi connectivity index (χ1v) is 8.95. The molecule has 2 rings (SSSR count). The van der Waals surface area contributed by atoms with Crippen LogP contribution in [0.4, 0.5) is 0 Å². The molecule has 7 nitrogen and oxygen atoms in total. The summed E-state index contributed by atoms with van der Waals surface area (Å²) in [4.78, 5) is 24.7. The summed E-state index contributed by atoms with van der Waals surface area (Å²) in [6, 6.07) is 11.9. The zero-order valence-corrected chi connectivity index (χ0v) is 14.7. The number of carbonyl (C=O) groups is 2. The van der Waals surface area contributed by atoms with Crippen LogP contribution in [0.1, 0.15) is 17.3 Å². The highest BCUT2D eigenvalue weighted by Gasteiger charge is 2.16. The summed E-state index contributed by atoms with van der Waals surface area (Å²) in [5, 5.41) is 0.335. The fourth-order valence-corrected chi connectivity index (χ4v) is 2.84. The van der Waals surface area contributed by atoms with E-state index in [9.17, 15) is 18.0 Å². The lowest BCUT2D eigenvalue weighted by Crippen LogP contribution is -2.43. The van der Waals surface area contributed by atoms with Gasteiger partial charge in [0, 0.05) is 5.56 Å². The predicted molar refractivity (Wildman–Crippen MR) is 91.9 cm³/mol. The number of nitrogens with one attached hydrogen (secondary N) is 2. The molecule has 0 aliphatic rings. The minimum absolute atomic E-state index is 0.0928. The Hall–Kier alpha value is -2.42. The molecule has 0 aliphatic heterocycles. The Morgan fingerprint density at radius 2 is 1.72 bits per heavy atom. The lowest BCUT2D eigenvalue weighted by atomic mass is 10.2. The Balaban J connectivity index is 1.91. The van der Waals surface area contributed by atoms with Crippen LogP contribution < -0.4 is 15.0 Å². The van der Waals surface area contributed by atoms with Crippen LogP contribution in [0.2, 0.25) is 5.02 Å². The molecule has 9 heteroatoms. The number of halogens is 1. The van der Waals surface area contributed by atoms with E-state index >= 15 is 0 Å². The number of Topliss-reactive ketones (excluding diaryl/α,β-unsaturated/α-hetero) is 1. The third kappa shape index (κ3) is 5.28. The molecule has 0 radical (unpaired) electrons. The van der Waals surface area contributed by atoms with E-state index in [0.29, 0.717) is 16.3 Å². The molecule has 0 aromatic heterocycles. The van der Waals surface area contributed by atoms with Crippen LogP contribution in [0.25, 0.3) is 0 Å². The quantitative estimate of drug-likeness (QED) is 0.562. The fourth-order valence-electron chi connectivity index (χ4n) is 1.79. The first-order valence-electron chi connectivity index (χ1n) is 7.08. The second-order valence-corrected chi connectivity index (χ2v) is 7.04. The van der Waals surface area contributed by atoms with Gasteiger partial charge in [0.15, 0.2) is 12.4 Å². The van der Waals surface area contributed by atoms with Gasteiger partial charge in [-0.15, -0.1) is 4.83 Å². The predicted octanol–water partition coefficient (Wildman–Crippen LogP) is 1.93. The van der Waals surface area contributed by atoms with Crippen LogP contribution in [0.15, 0.2) is 53.4 Å². The summed E-state index contributed by atoms with van der Waals surface area (Å²) in [6.45, 7) is 0.955. The van der Waals surface area contributed by atoms with Crippen molar-refractivity contribution < 1.29 is 22.7 Å². The minimum Gasteiger partial charge on any atom is -0.482 e. The number of carbonyl (C=O) groups excluding carboxylic acids is 2. The highest BCUT2D eigenvalue weighted by Crippen LogP contribution is 2.22. The zero-order valence-electron chi connectivity index (χ0n) is 13.2. The number of rotatable bonds is 7. The summed E-state index contributed by atoms with van der Waals surface area (Å²) in [6.07, 6.45) is 0. The fraction of sp³-hybridized carbons (Fsp3) is 0.125. The van der Waals surface area contributed by atoms with Crippen LogP contribution in [0, 0.1) is 0 Å². The van der Waals surface area contributed by atoms with Crippen molar-refractivity contribution in [3.63, 3.8) is 0 Å². The number of ketones is 1. The summed E-state index contributed by atoms with van der Waals surface area (Å²) < 4.78 is 29.3. The number of ether oxygens (including phenoxy) is 1. The number of para-hydroxylation sites is 1. The van der Waals surface area contributed by atoms with Crippen LogP contribution >= 0.6 is 11.6 Å². The minimum atomic E-state index is -3.96. The Labute approximate surface area is 150 Å². The Morgan fingerprint density at radius 1 is 1.08 bits per heavy atom. The maximum Gasteiger partial charge on any atom is 0.272 e. The second-order valence-electron chi connectivity index (χ2n) is 4.95. The molecule has 0 saturated heterocycles. The van der Waals surface area contributed by atoms with Crippen molar-refractivity contribution in [2.24, 2.45) is 0 Å². The number of hydrogen-bond acceptors (Lipinski definition) is 5. The Bertz CT molecular complexity index is 882. The first-order chi connectivity index (χ1) is 11.8. The van der Waals surface area contributed by atoms with Crippen molar-refractivity contribution in [3.8, 4) is 5.75 Å². The van der Waals surface area contributed by atoms with Gasteiger partial charge >= 0.3 is 0 Å². The largest absolute Gasteiger partial charge is 0.482 e. The molecule has 0 aliphatic carbocycles. The van der Waals surface area contributed by atoms with Gasteiger partial charge in [-0.25, -0.2) is 8.42 Å². The van der Waals surface area contributed by atoms with Crippen LogP contribution in [-0.4, -0.2) is 26.7 Å². The first kappa shape index (κ1) is 18.9. The van der Waals surface area contributed by atoms with Crippen molar-refractivity contribution >= 4 is 33.3 Å². The molecule has 25 heavy (non-hydrogen) atoms. The Kier molecular flexibility index (Phi) is 6.13. The van der Waals surface area contributed by atoms with Crippen molar-refractivity contribution in [1.82, 2.24) is 10.3 Å². The lowest BCUT2D eigenvalue weighted by molar-refractivity contribution is -0.123. The standard InChI is InChI=1S/C16H15ClN2O5S/c1-11(20)12-6-8-13(9-7-12)25(22,23)19-18-16(21)10-24-15-5-3-2-4-14(15)17/h2-9,19H,10H2,1H3,(H,18,21). The van der Waals surface area contributed by atoms with Crippen molar-refractivity contribution in [2.45, 2.75) is 11.8 Å². The Morgan fingerprint density at radius 3 is 2.32 bits per heavy atom. The summed E-state index contributed by atoms with van der Waals surface area (Å²) in [5.74, 6) is -0.576. The van der Waals surface area contributed by atoms with Gasteiger partial charge in [-0.3, -0.25) is 15.0 Å². The maximum atomic E-state index is 12.1. The van der Waals surface area contributed by atoms with Crippen molar-refractivity contribution in [1.29, 1.82) is 0 Å². The van der Waals surface area contributed by atoms with Gasteiger partial charge in [0.25, 0.3) is 15.9 Å². The van der Waals surface area contributed by atoms with E-state index in [2.05, 4.69) is 0 Å². The molecule has 1 amide bonds. The molecule has 132 valence electrons. The number of hydrazine groups is 1. The second kappa shape index (κ2) is 8.11. The van der Waals surface area contributed by atoms with E-state index in [1.165, 1.54) is 31.2 Å². The number of hydrogen-bond donors (Lipinski definition) is 2. The molecule has 2 N–H and O–H groups in total. The molecule has 2 aromatic carbocycles. The van der Waals surface area contributed by atoms with E-state index in [1.54, 1.807) is 24.3 Å². The normalized spacial score (nSPS) is 11.0. The highest BCUT2D eigenvalue weighted by atomic mass is 35.5. The van der Waals surface area contributed by atoms with E-state index in [-0.39, 0.29) is 10.7 Å². The molecule has 0 heterocycles. The van der Waals surface area contributed by atoms with Gasteiger partial charge in [0.2, 0.25) is 0 Å². The average molecular weight is 383 g/mol. The molecule has 0 unspecified atom stereocenters. The van der Waals surface area contributed by atoms with Gasteiger partial charge in [-0.2, -0.15) is 0 Å². The van der Waals surface area contributed by atoms with E-state index in [4.69, 9.17) is 16.3 Å². The van der Waals surface area contributed by atoms with Gasteiger partial charge in [0.05, 0.1) is 9.92 Å². The van der Waals surface area contributed by atoms with Crippen LogP contribution in [0.3, 0.4) is 0 Å². The summed E-state index contributed by atoms with van der Waals surface area (Å²) in [5.41, 5.74) is 2.42. The van der Waals surface area contributed by atoms with Gasteiger partial charge in [-0.05, 0) is 31.2 Å². The van der Waals surface area contributed by atoms with Gasteiger partial charge in [0.1, 0.15) is 5.75 Å². The number of sulfonamides is 1. The molecular weight excluding hydrogens is 368 g/mol. The smallest absolute Gasteiger partial charge is 0.272 e. The topological polar surface area (TPSA) is 102 Å². The molecular formula is C16H15ClN2O5S. The maximum absolute atomic E-state index is 12.1. The summed E-state index contributed by atoms with van der Waals surface area (Å²) >= 11 is 5.88. The lowest BCUT2D eigenvalue weighted by Gasteiger charge is -2.10. The molecule has 0 spiro atoms. The molecule has 0 saturated carbocycles. The van der Waals surface area contributed by atoms with Crippen LogP contribution in [-0.2, 0) is 14.8 Å². The monoisotopic (exact) mass is 382 g/mol. The van der Waals surface area contributed by atoms with E-state index < -0.39 is 22.5 Å². The molecule has 2 aromatic rings. The highest BCUT2D eigenvalue weighted by molar-refractivity contribution is 7.89. The zero-order chi connectivity index (χ0) is 18.4. The number of benzene rings is 2. The third-order valence-electron chi connectivity index (χ3n) is 3.09. The third-order valence-corrected chi connectivity index (χ3v) is 4.67. The molecule has 0 bridgehead atoms. The van der Waals surface area contributed by atoms with Gasteiger partial charge < -0.3 is 4.74 Å². The summed E-state index contributed by atoms with van der Waals surface area (Å²) in [7, 11) is -3.96. The van der Waals surface area contributed by atoms with E-state index in [1.807, 2.05) is 10.3 Å². The average Bonchev–Trinajstić information content (AvgIpc) is 2.59.